The number of pyridine rings is 1. The van der Waals surface area contributed by atoms with E-state index in [0.29, 0.717) is 34.6 Å². The van der Waals surface area contributed by atoms with E-state index in [2.05, 4.69) is 10.3 Å². The maximum atomic E-state index is 12.5. The highest BCUT2D eigenvalue weighted by atomic mass is 35.5. The SMILES string of the molecule is COc1ccc2cc(COC(=O)c3ccccc3NCCO)c(Cl)nc2c1. The number of carbonyl (C=O) groups excluding carboxylic acids is 1. The van der Waals surface area contributed by atoms with Crippen molar-refractivity contribution < 1.29 is 19.4 Å². The number of halogens is 1. The molecule has 6 nitrogen and oxygen atoms in total. The van der Waals surface area contributed by atoms with Crippen molar-refractivity contribution in [2.24, 2.45) is 0 Å². The lowest BCUT2D eigenvalue weighted by Gasteiger charge is -2.12. The first-order valence-electron chi connectivity index (χ1n) is 8.36. The molecule has 0 unspecified atom stereocenters. The number of hydrogen-bond acceptors (Lipinski definition) is 6. The summed E-state index contributed by atoms with van der Waals surface area (Å²) in [5, 5.41) is 13.1. The number of anilines is 1. The van der Waals surface area contributed by atoms with Gasteiger partial charge in [0.2, 0.25) is 0 Å². The van der Waals surface area contributed by atoms with Crippen LogP contribution in [0.1, 0.15) is 15.9 Å². The predicted molar refractivity (Wildman–Crippen MR) is 104 cm³/mol. The molecule has 140 valence electrons. The Hall–Kier alpha value is -2.83. The van der Waals surface area contributed by atoms with Gasteiger partial charge in [-0.1, -0.05) is 23.7 Å². The minimum Gasteiger partial charge on any atom is -0.497 e. The fourth-order valence-corrected chi connectivity index (χ4v) is 2.82. The van der Waals surface area contributed by atoms with Crippen LogP contribution in [0.5, 0.6) is 5.75 Å². The molecule has 0 saturated carbocycles. The van der Waals surface area contributed by atoms with E-state index in [1.807, 2.05) is 18.2 Å². The van der Waals surface area contributed by atoms with Gasteiger partial charge in [-0.05, 0) is 30.3 Å². The van der Waals surface area contributed by atoms with E-state index in [4.69, 9.17) is 26.2 Å². The van der Waals surface area contributed by atoms with E-state index in [0.717, 1.165) is 5.39 Å². The second kappa shape index (κ2) is 8.70. The number of nitrogens with zero attached hydrogens (tertiary/aromatic N) is 1. The highest BCUT2D eigenvalue weighted by Crippen LogP contribution is 2.25. The Kier molecular flexibility index (Phi) is 6.11. The van der Waals surface area contributed by atoms with Crippen molar-refractivity contribution in [3.05, 3.63) is 64.8 Å². The molecule has 1 aromatic heterocycles. The summed E-state index contributed by atoms with van der Waals surface area (Å²) < 4.78 is 10.6. The van der Waals surface area contributed by atoms with Crippen LogP contribution in [0.2, 0.25) is 5.15 Å². The maximum absolute atomic E-state index is 12.5. The topological polar surface area (TPSA) is 80.7 Å². The van der Waals surface area contributed by atoms with Gasteiger partial charge >= 0.3 is 5.97 Å². The first-order valence-corrected chi connectivity index (χ1v) is 8.74. The van der Waals surface area contributed by atoms with Crippen molar-refractivity contribution in [3.8, 4) is 5.75 Å². The average molecular weight is 387 g/mol. The van der Waals surface area contributed by atoms with Gasteiger partial charge in [-0.3, -0.25) is 0 Å². The molecule has 0 saturated heterocycles. The van der Waals surface area contributed by atoms with Crippen LogP contribution in [0.3, 0.4) is 0 Å². The number of ether oxygens (including phenoxy) is 2. The molecule has 3 rings (SSSR count). The molecule has 0 bridgehead atoms. The Bertz CT molecular complexity index is 962. The van der Waals surface area contributed by atoms with Crippen LogP contribution in [-0.2, 0) is 11.3 Å². The normalized spacial score (nSPS) is 10.6. The van der Waals surface area contributed by atoms with Crippen molar-refractivity contribution >= 4 is 34.2 Å². The number of aromatic nitrogens is 1. The largest absolute Gasteiger partial charge is 0.497 e. The quantitative estimate of drug-likeness (QED) is 0.476. The summed E-state index contributed by atoms with van der Waals surface area (Å²) in [6.07, 6.45) is 0. The molecule has 0 aliphatic rings. The standard InChI is InChI=1S/C20H19ClN2O4/c1-26-15-7-6-13-10-14(19(21)23-18(13)11-15)12-27-20(25)16-4-2-3-5-17(16)22-8-9-24/h2-7,10-11,22,24H,8-9,12H2,1H3. The van der Waals surface area contributed by atoms with Crippen molar-refractivity contribution in [2.75, 3.05) is 25.6 Å². The second-order valence-corrected chi connectivity index (χ2v) is 6.13. The fourth-order valence-electron chi connectivity index (χ4n) is 2.62. The smallest absolute Gasteiger partial charge is 0.340 e. The lowest BCUT2D eigenvalue weighted by molar-refractivity contribution is 0.0474. The van der Waals surface area contributed by atoms with Gasteiger partial charge in [0.05, 0.1) is 24.8 Å². The van der Waals surface area contributed by atoms with Crippen molar-refractivity contribution in [3.63, 3.8) is 0 Å². The van der Waals surface area contributed by atoms with Gasteiger partial charge in [-0.2, -0.15) is 0 Å². The summed E-state index contributed by atoms with van der Waals surface area (Å²) in [5.41, 5.74) is 2.31. The lowest BCUT2D eigenvalue weighted by Crippen LogP contribution is -2.12. The summed E-state index contributed by atoms with van der Waals surface area (Å²) >= 11 is 6.24. The number of para-hydroxylation sites is 1. The van der Waals surface area contributed by atoms with Crippen LogP contribution >= 0.6 is 11.6 Å². The molecule has 1 heterocycles. The summed E-state index contributed by atoms with van der Waals surface area (Å²) in [4.78, 5) is 16.8. The zero-order valence-electron chi connectivity index (χ0n) is 14.7. The Morgan fingerprint density at radius 1 is 1.22 bits per heavy atom. The summed E-state index contributed by atoms with van der Waals surface area (Å²) in [6, 6.07) is 14.3. The molecule has 0 atom stereocenters. The summed E-state index contributed by atoms with van der Waals surface area (Å²) in [6.45, 7) is 0.307. The average Bonchev–Trinajstić information content (AvgIpc) is 2.70. The molecule has 2 N–H and O–H groups in total. The van der Waals surface area contributed by atoms with E-state index in [1.54, 1.807) is 37.4 Å². The van der Waals surface area contributed by atoms with Gasteiger partial charge in [0.15, 0.2) is 0 Å². The van der Waals surface area contributed by atoms with Crippen LogP contribution < -0.4 is 10.1 Å². The summed E-state index contributed by atoms with van der Waals surface area (Å²) in [7, 11) is 1.59. The molecule has 2 aromatic carbocycles. The van der Waals surface area contributed by atoms with Crippen molar-refractivity contribution in [1.29, 1.82) is 0 Å². The number of esters is 1. The number of methoxy groups -OCH3 is 1. The molecule has 0 aliphatic carbocycles. The first-order chi connectivity index (χ1) is 13.1. The minimum atomic E-state index is -0.484. The minimum absolute atomic E-state index is 0.000962. The highest BCUT2D eigenvalue weighted by molar-refractivity contribution is 6.30. The van der Waals surface area contributed by atoms with Gasteiger partial charge < -0.3 is 19.9 Å². The molecule has 7 heteroatoms. The van der Waals surface area contributed by atoms with Crippen LogP contribution in [0.4, 0.5) is 5.69 Å². The van der Waals surface area contributed by atoms with E-state index >= 15 is 0 Å². The first kappa shape index (κ1) is 18.9. The molecular formula is C20H19ClN2O4. The molecule has 0 spiro atoms. The Morgan fingerprint density at radius 3 is 2.81 bits per heavy atom. The molecule has 0 fully saturated rings. The Labute approximate surface area is 161 Å². The van der Waals surface area contributed by atoms with Crippen molar-refractivity contribution in [1.82, 2.24) is 4.98 Å². The van der Waals surface area contributed by atoms with Gasteiger partial charge in [0.25, 0.3) is 0 Å². The molecule has 3 aromatic rings. The van der Waals surface area contributed by atoms with Gasteiger partial charge in [0.1, 0.15) is 17.5 Å². The number of rotatable bonds is 7. The van der Waals surface area contributed by atoms with Gasteiger partial charge in [-0.15, -0.1) is 0 Å². The number of hydrogen-bond donors (Lipinski definition) is 2. The third-order valence-corrected chi connectivity index (χ3v) is 4.31. The molecule has 0 aliphatic heterocycles. The van der Waals surface area contributed by atoms with Gasteiger partial charge in [-0.25, -0.2) is 9.78 Å². The third-order valence-electron chi connectivity index (χ3n) is 3.98. The number of benzene rings is 2. The van der Waals surface area contributed by atoms with Crippen LogP contribution in [0, 0.1) is 0 Å². The van der Waals surface area contributed by atoms with Crippen LogP contribution in [0.25, 0.3) is 10.9 Å². The Balaban J connectivity index is 1.76. The Morgan fingerprint density at radius 2 is 2.04 bits per heavy atom. The zero-order chi connectivity index (χ0) is 19.2. The molecule has 27 heavy (non-hydrogen) atoms. The number of aliphatic hydroxyl groups is 1. The van der Waals surface area contributed by atoms with E-state index in [-0.39, 0.29) is 18.4 Å². The van der Waals surface area contributed by atoms with E-state index in [9.17, 15) is 4.79 Å². The second-order valence-electron chi connectivity index (χ2n) is 5.77. The number of carbonyl (C=O) groups is 1. The molecular weight excluding hydrogens is 368 g/mol. The van der Waals surface area contributed by atoms with E-state index < -0.39 is 5.97 Å². The monoisotopic (exact) mass is 386 g/mol. The molecule has 0 amide bonds. The fraction of sp³-hybridized carbons (Fsp3) is 0.200. The predicted octanol–water partition coefficient (Wildman–Crippen LogP) is 3.66. The van der Waals surface area contributed by atoms with Crippen LogP contribution in [0.15, 0.2) is 48.5 Å². The van der Waals surface area contributed by atoms with Crippen LogP contribution in [-0.4, -0.2) is 36.3 Å². The van der Waals surface area contributed by atoms with Gasteiger partial charge in [0, 0.05) is 29.2 Å². The maximum Gasteiger partial charge on any atom is 0.340 e. The number of aliphatic hydroxyl groups excluding tert-OH is 1. The van der Waals surface area contributed by atoms with E-state index in [1.165, 1.54) is 0 Å². The summed E-state index contributed by atoms with van der Waals surface area (Å²) in [5.74, 6) is 0.208. The van der Waals surface area contributed by atoms with Crippen molar-refractivity contribution in [2.45, 2.75) is 6.61 Å². The number of fused-ring (bicyclic) bond motifs is 1. The lowest BCUT2D eigenvalue weighted by atomic mass is 10.1. The third kappa shape index (κ3) is 4.48. The zero-order valence-corrected chi connectivity index (χ0v) is 15.5. The highest BCUT2D eigenvalue weighted by Gasteiger charge is 2.14. The number of nitrogens with one attached hydrogen (secondary N) is 1. The molecule has 0 radical (unpaired) electrons.